The van der Waals surface area contributed by atoms with E-state index in [0.717, 1.165) is 44.0 Å². The van der Waals surface area contributed by atoms with Crippen LogP contribution in [0.5, 0.6) is 5.75 Å². The number of morpholine rings is 1. The van der Waals surface area contributed by atoms with Crippen molar-refractivity contribution in [1.82, 2.24) is 9.80 Å². The van der Waals surface area contributed by atoms with E-state index in [2.05, 4.69) is 33.9 Å². The zero-order chi connectivity index (χ0) is 24.1. The molecule has 10 heteroatoms. The van der Waals surface area contributed by atoms with E-state index < -0.39 is 17.9 Å². The zero-order valence-corrected chi connectivity index (χ0v) is 20.0. The summed E-state index contributed by atoms with van der Waals surface area (Å²) in [5.41, 5.74) is 8.56. The number of esters is 1. The van der Waals surface area contributed by atoms with Crippen LogP contribution in [-0.4, -0.2) is 67.0 Å². The molecule has 182 valence electrons. The van der Waals surface area contributed by atoms with Crippen LogP contribution in [0.3, 0.4) is 0 Å². The fraction of sp³-hybridized carbons (Fsp3) is 0.458. The van der Waals surface area contributed by atoms with Gasteiger partial charge in [-0.1, -0.05) is 24.3 Å². The van der Waals surface area contributed by atoms with Gasteiger partial charge in [-0.15, -0.1) is 11.3 Å². The van der Waals surface area contributed by atoms with Crippen LogP contribution in [0.15, 0.2) is 29.6 Å². The number of rotatable bonds is 10. The molecular weight excluding hydrogens is 458 g/mol. The van der Waals surface area contributed by atoms with Gasteiger partial charge < -0.3 is 24.8 Å². The summed E-state index contributed by atoms with van der Waals surface area (Å²) >= 11 is 1.29. The largest absolute Gasteiger partial charge is 0.488 e. The molecule has 1 unspecified atom stereocenters. The van der Waals surface area contributed by atoms with E-state index in [1.54, 1.807) is 0 Å². The van der Waals surface area contributed by atoms with Crippen molar-refractivity contribution in [2.45, 2.75) is 38.6 Å². The van der Waals surface area contributed by atoms with Crippen LogP contribution in [0.25, 0.3) is 0 Å². The monoisotopic (exact) mass is 487 g/mol. The highest BCUT2D eigenvalue weighted by Crippen LogP contribution is 2.38. The predicted molar refractivity (Wildman–Crippen MR) is 125 cm³/mol. The molecule has 1 fully saturated rings. The van der Waals surface area contributed by atoms with E-state index in [4.69, 9.17) is 15.2 Å². The molecule has 0 radical (unpaired) electrons. The second-order valence-electron chi connectivity index (χ2n) is 8.37. The van der Waals surface area contributed by atoms with Gasteiger partial charge in [0.05, 0.1) is 26.9 Å². The molecule has 0 bridgehead atoms. The summed E-state index contributed by atoms with van der Waals surface area (Å²) in [6, 6.07) is 7.44. The molecule has 0 aliphatic carbocycles. The summed E-state index contributed by atoms with van der Waals surface area (Å²) in [6.07, 6.45) is 0.127. The maximum atomic E-state index is 12.9. The van der Waals surface area contributed by atoms with Crippen LogP contribution in [0.1, 0.15) is 39.2 Å². The van der Waals surface area contributed by atoms with Crippen molar-refractivity contribution in [2.75, 3.05) is 33.4 Å². The number of thiophene rings is 1. The van der Waals surface area contributed by atoms with Crippen molar-refractivity contribution in [1.29, 1.82) is 0 Å². The SMILES string of the molecule is COC(=O)CCC(C(N)=O)N1Cc2c(OCc3ccc(CN4CCOCC4)cc3)csc2C1=O. The van der Waals surface area contributed by atoms with Gasteiger partial charge in [0.1, 0.15) is 23.3 Å². The van der Waals surface area contributed by atoms with Crippen molar-refractivity contribution in [3.63, 3.8) is 0 Å². The molecule has 1 aromatic heterocycles. The number of methoxy groups -OCH3 is 1. The lowest BCUT2D eigenvalue weighted by Crippen LogP contribution is -2.45. The first kappa shape index (κ1) is 24.2. The molecule has 4 rings (SSSR count). The number of ether oxygens (including phenoxy) is 3. The van der Waals surface area contributed by atoms with Gasteiger partial charge in [-0.3, -0.25) is 19.3 Å². The van der Waals surface area contributed by atoms with Gasteiger partial charge in [0, 0.05) is 37.0 Å². The lowest BCUT2D eigenvalue weighted by atomic mass is 10.1. The Hall–Kier alpha value is -2.95. The molecule has 2 N–H and O–H groups in total. The first-order chi connectivity index (χ1) is 16.5. The summed E-state index contributed by atoms with van der Waals surface area (Å²) in [7, 11) is 1.28. The van der Waals surface area contributed by atoms with E-state index in [0.29, 0.717) is 17.2 Å². The molecule has 1 aromatic carbocycles. The van der Waals surface area contributed by atoms with Crippen molar-refractivity contribution in [2.24, 2.45) is 5.73 Å². The minimum Gasteiger partial charge on any atom is -0.488 e. The fourth-order valence-corrected chi connectivity index (χ4v) is 5.13. The highest BCUT2D eigenvalue weighted by molar-refractivity contribution is 7.12. The molecule has 2 aliphatic rings. The molecule has 1 saturated heterocycles. The Balaban J connectivity index is 1.35. The van der Waals surface area contributed by atoms with Crippen LogP contribution in [0, 0.1) is 0 Å². The second kappa shape index (κ2) is 11.0. The third-order valence-corrected chi connectivity index (χ3v) is 7.11. The Morgan fingerprint density at radius 2 is 1.88 bits per heavy atom. The number of hydrogen-bond acceptors (Lipinski definition) is 8. The number of fused-ring (bicyclic) bond motifs is 1. The van der Waals surface area contributed by atoms with Crippen LogP contribution in [-0.2, 0) is 38.8 Å². The summed E-state index contributed by atoms with van der Waals surface area (Å²) in [6.45, 7) is 4.95. The molecule has 2 amide bonds. The van der Waals surface area contributed by atoms with Crippen LogP contribution >= 0.6 is 11.3 Å². The molecule has 9 nitrogen and oxygen atoms in total. The second-order valence-corrected chi connectivity index (χ2v) is 9.25. The number of carbonyl (C=O) groups excluding carboxylic acids is 3. The maximum Gasteiger partial charge on any atom is 0.305 e. The first-order valence-electron chi connectivity index (χ1n) is 11.2. The van der Waals surface area contributed by atoms with E-state index >= 15 is 0 Å². The molecule has 0 saturated carbocycles. The topological polar surface area (TPSA) is 111 Å². The predicted octanol–water partition coefficient (Wildman–Crippen LogP) is 1.92. The highest BCUT2D eigenvalue weighted by atomic mass is 32.1. The van der Waals surface area contributed by atoms with Crippen molar-refractivity contribution < 1.29 is 28.6 Å². The third-order valence-electron chi connectivity index (χ3n) is 6.12. The Morgan fingerprint density at radius 1 is 1.18 bits per heavy atom. The Morgan fingerprint density at radius 3 is 2.56 bits per heavy atom. The lowest BCUT2D eigenvalue weighted by Gasteiger charge is -2.26. The quantitative estimate of drug-likeness (QED) is 0.510. The van der Waals surface area contributed by atoms with Crippen molar-refractivity contribution >= 4 is 29.1 Å². The van der Waals surface area contributed by atoms with Gasteiger partial charge in [-0.25, -0.2) is 0 Å². The van der Waals surface area contributed by atoms with Crippen LogP contribution < -0.4 is 10.5 Å². The third kappa shape index (κ3) is 5.57. The number of amides is 2. The van der Waals surface area contributed by atoms with E-state index in [-0.39, 0.29) is 25.3 Å². The van der Waals surface area contributed by atoms with Gasteiger partial charge in [-0.05, 0) is 17.5 Å². The Labute approximate surface area is 202 Å². The van der Waals surface area contributed by atoms with Gasteiger partial charge in [-0.2, -0.15) is 0 Å². The van der Waals surface area contributed by atoms with Gasteiger partial charge in [0.2, 0.25) is 5.91 Å². The minimum absolute atomic E-state index is 0.00637. The summed E-state index contributed by atoms with van der Waals surface area (Å²) < 4.78 is 16.1. The number of nitrogens with zero attached hydrogens (tertiary/aromatic N) is 2. The van der Waals surface area contributed by atoms with E-state index in [9.17, 15) is 14.4 Å². The molecule has 0 spiro atoms. The standard InChI is InChI=1S/C24H29N3O6S/c1-31-21(28)7-6-19(23(25)29)27-13-18-20(15-34-22(18)24(27)30)33-14-17-4-2-16(3-5-17)12-26-8-10-32-11-9-26/h2-5,15,19H,6-14H2,1H3,(H2,25,29). The van der Waals surface area contributed by atoms with Crippen molar-refractivity contribution in [3.05, 3.63) is 51.2 Å². The zero-order valence-electron chi connectivity index (χ0n) is 19.2. The molecule has 2 aliphatic heterocycles. The number of benzene rings is 1. The summed E-state index contributed by atoms with van der Waals surface area (Å²) in [5, 5.41) is 1.82. The Bertz CT molecular complexity index is 1030. The van der Waals surface area contributed by atoms with Crippen LogP contribution in [0.2, 0.25) is 0 Å². The normalized spacial score (nSPS) is 16.9. The lowest BCUT2D eigenvalue weighted by molar-refractivity contribution is -0.141. The average Bonchev–Trinajstić information content (AvgIpc) is 3.39. The average molecular weight is 488 g/mol. The molecule has 3 heterocycles. The van der Waals surface area contributed by atoms with Gasteiger partial charge in [0.25, 0.3) is 5.91 Å². The first-order valence-corrected chi connectivity index (χ1v) is 12.1. The van der Waals surface area contributed by atoms with E-state index in [1.165, 1.54) is 28.9 Å². The van der Waals surface area contributed by atoms with Crippen molar-refractivity contribution in [3.8, 4) is 5.75 Å². The summed E-state index contributed by atoms with van der Waals surface area (Å²) in [4.78, 5) is 40.7. The maximum absolute atomic E-state index is 12.9. The number of primary amides is 1. The Kier molecular flexibility index (Phi) is 7.81. The van der Waals surface area contributed by atoms with Crippen LogP contribution in [0.4, 0.5) is 0 Å². The fourth-order valence-electron chi connectivity index (χ4n) is 4.17. The highest BCUT2D eigenvalue weighted by Gasteiger charge is 2.38. The molecule has 34 heavy (non-hydrogen) atoms. The number of nitrogens with two attached hydrogens (primary N) is 1. The van der Waals surface area contributed by atoms with Gasteiger partial charge in [0.15, 0.2) is 0 Å². The molecular formula is C24H29N3O6S. The smallest absolute Gasteiger partial charge is 0.305 e. The molecule has 1 atom stereocenters. The molecule has 2 aromatic rings. The van der Waals surface area contributed by atoms with Gasteiger partial charge >= 0.3 is 5.97 Å². The minimum atomic E-state index is -0.877. The van der Waals surface area contributed by atoms with E-state index in [1.807, 2.05) is 5.38 Å². The summed E-state index contributed by atoms with van der Waals surface area (Å²) in [5.74, 6) is -0.736. The number of carbonyl (C=O) groups is 3. The number of hydrogen-bond donors (Lipinski definition) is 1.